The molecule has 0 aliphatic carbocycles. The van der Waals surface area contributed by atoms with E-state index in [1.165, 1.54) is 59.9 Å². The summed E-state index contributed by atoms with van der Waals surface area (Å²) in [6.45, 7) is 0. The summed E-state index contributed by atoms with van der Waals surface area (Å²) < 4.78 is 64.6. The van der Waals surface area contributed by atoms with Gasteiger partial charge in [0.15, 0.2) is 0 Å². The van der Waals surface area contributed by atoms with Crippen LogP contribution in [0.15, 0.2) is 46.7 Å². The van der Waals surface area contributed by atoms with Gasteiger partial charge in [-0.3, -0.25) is 0 Å². The zero-order valence-corrected chi connectivity index (χ0v) is 17.4. The number of nitrogens with zero attached hydrogens (tertiary/aromatic N) is 2. The van der Waals surface area contributed by atoms with Crippen molar-refractivity contribution >= 4 is 69.1 Å². The Kier molecular flexibility index (Phi) is 7.97. The molecule has 0 fully saturated rings. The molecule has 0 bridgehead atoms. The van der Waals surface area contributed by atoms with E-state index in [9.17, 15) is 25.9 Å². The van der Waals surface area contributed by atoms with E-state index < -0.39 is 20.2 Å². The van der Waals surface area contributed by atoms with Gasteiger partial charge in [0.1, 0.15) is 30.3 Å². The van der Waals surface area contributed by atoms with Crippen molar-refractivity contribution in [1.29, 1.82) is 0 Å². The Morgan fingerprint density at radius 1 is 0.810 bits per heavy atom. The van der Waals surface area contributed by atoms with Gasteiger partial charge in [-0.1, -0.05) is 0 Å². The maximum atomic E-state index is 10.3. The monoisotopic (exact) mass is 458 g/mol. The van der Waals surface area contributed by atoms with E-state index in [4.69, 9.17) is 0 Å². The molecule has 21 heavy (non-hydrogen) atoms. The summed E-state index contributed by atoms with van der Waals surface area (Å²) in [6.07, 6.45) is 3.01. The normalized spacial score (nSPS) is 11.2. The van der Waals surface area contributed by atoms with E-state index >= 15 is 0 Å². The van der Waals surface area contributed by atoms with Crippen molar-refractivity contribution < 1.29 is 25.9 Å². The molecule has 0 spiro atoms. The van der Waals surface area contributed by atoms with E-state index in [1.807, 2.05) is 0 Å². The van der Waals surface area contributed by atoms with Gasteiger partial charge in [-0.2, -0.15) is 0 Å². The van der Waals surface area contributed by atoms with Crippen molar-refractivity contribution in [3.63, 3.8) is 0 Å². The summed E-state index contributed by atoms with van der Waals surface area (Å²) in [5, 5.41) is -0.403. The maximum absolute atomic E-state index is 10.3. The van der Waals surface area contributed by atoms with E-state index in [-0.39, 0.29) is 58.9 Å². The van der Waals surface area contributed by atoms with Crippen LogP contribution in [0.4, 0.5) is 0 Å². The van der Waals surface area contributed by atoms with Crippen LogP contribution in [0.2, 0.25) is 0 Å². The predicted molar refractivity (Wildman–Crippen MR) is 72.5 cm³/mol. The SMILES string of the molecule is Cn1cccc1S(=O)(=O)[O-].Cn1cccc1S(=O)(=O)[O-].[Ba+2]. The van der Waals surface area contributed by atoms with E-state index in [0.717, 1.165) is 0 Å². The van der Waals surface area contributed by atoms with Crippen LogP contribution in [0.25, 0.3) is 0 Å². The summed E-state index contributed by atoms with van der Waals surface area (Å²) in [4.78, 5) is 0. The third-order valence-electron chi connectivity index (χ3n) is 2.30. The topological polar surface area (TPSA) is 124 Å². The molecule has 0 amide bonds. The van der Waals surface area contributed by atoms with Crippen LogP contribution in [-0.4, -0.2) is 84.0 Å². The van der Waals surface area contributed by atoms with Gasteiger partial charge in [0, 0.05) is 26.5 Å². The Morgan fingerprint density at radius 2 is 1.10 bits per heavy atom. The first-order valence-corrected chi connectivity index (χ1v) is 7.99. The molecule has 0 atom stereocenters. The Morgan fingerprint density at radius 3 is 1.19 bits per heavy atom. The second-order valence-corrected chi connectivity index (χ2v) is 6.48. The van der Waals surface area contributed by atoms with Crippen LogP contribution in [0.3, 0.4) is 0 Å². The molecule has 0 saturated carbocycles. The Hall–Kier alpha value is -0.0486. The molecule has 0 aliphatic rings. The molecule has 0 unspecified atom stereocenters. The molecule has 0 aliphatic heterocycles. The quantitative estimate of drug-likeness (QED) is 0.441. The second-order valence-electron chi connectivity index (χ2n) is 3.82. The van der Waals surface area contributed by atoms with Crippen LogP contribution in [0.5, 0.6) is 0 Å². The van der Waals surface area contributed by atoms with Crippen molar-refractivity contribution in [2.75, 3.05) is 0 Å². The first-order valence-electron chi connectivity index (χ1n) is 5.18. The number of hydrogen-bond acceptors (Lipinski definition) is 6. The third-order valence-corrected chi connectivity index (χ3v) is 4.18. The third kappa shape index (κ3) is 6.30. The van der Waals surface area contributed by atoms with E-state index in [0.29, 0.717) is 0 Å². The molecule has 11 heteroatoms. The van der Waals surface area contributed by atoms with Crippen LogP contribution >= 0.6 is 0 Å². The minimum Gasteiger partial charge on any atom is -0.743 e. The number of hydrogen-bond donors (Lipinski definition) is 0. The van der Waals surface area contributed by atoms with Crippen molar-refractivity contribution in [3.8, 4) is 0 Å². The molecule has 0 N–H and O–H groups in total. The fourth-order valence-electron chi connectivity index (χ4n) is 1.41. The van der Waals surface area contributed by atoms with Gasteiger partial charge < -0.3 is 18.2 Å². The standard InChI is InChI=1S/2C5H7NO3S.Ba/c2*1-6-4-2-3-5(6)10(7,8)9;/h2*2-4H,1H3,(H,7,8,9);/q;;+2/p-2. The van der Waals surface area contributed by atoms with Crippen molar-refractivity contribution in [3.05, 3.63) is 36.7 Å². The molecule has 2 heterocycles. The fraction of sp³-hybridized carbons (Fsp3) is 0.200. The summed E-state index contributed by atoms with van der Waals surface area (Å²) >= 11 is 0. The molecule has 2 rings (SSSR count). The largest absolute Gasteiger partial charge is 2.00 e. The molecule has 2 aromatic rings. The Labute approximate surface area is 163 Å². The summed E-state index contributed by atoms with van der Waals surface area (Å²) in [6, 6.07) is 5.54. The Bertz CT molecular complexity index is 723. The predicted octanol–water partition coefficient (Wildman–Crippen LogP) is -0.522. The molecule has 0 saturated heterocycles. The van der Waals surface area contributed by atoms with Crippen LogP contribution in [0.1, 0.15) is 0 Å². The van der Waals surface area contributed by atoms with E-state index in [2.05, 4.69) is 0 Å². The van der Waals surface area contributed by atoms with Gasteiger partial charge in [-0.05, 0) is 24.3 Å². The van der Waals surface area contributed by atoms with Gasteiger partial charge in [0.2, 0.25) is 0 Å². The minimum atomic E-state index is -4.28. The zero-order valence-electron chi connectivity index (χ0n) is 11.3. The minimum absolute atomic E-state index is 0. The molecular weight excluding hydrogens is 446 g/mol. The molecule has 8 nitrogen and oxygen atoms in total. The smallest absolute Gasteiger partial charge is 0.743 e. The zero-order chi connectivity index (χ0) is 15.6. The first kappa shape index (κ1) is 21.0. The molecule has 2 aromatic heterocycles. The summed E-state index contributed by atoms with van der Waals surface area (Å²) in [5.74, 6) is 0. The number of rotatable bonds is 2. The van der Waals surface area contributed by atoms with Gasteiger partial charge in [0.25, 0.3) is 0 Å². The van der Waals surface area contributed by atoms with E-state index in [1.54, 1.807) is 0 Å². The van der Waals surface area contributed by atoms with Crippen LogP contribution < -0.4 is 0 Å². The van der Waals surface area contributed by atoms with Crippen LogP contribution in [-0.2, 0) is 34.3 Å². The second kappa shape index (κ2) is 7.99. The number of aromatic nitrogens is 2. The van der Waals surface area contributed by atoms with Crippen molar-refractivity contribution in [2.45, 2.75) is 10.1 Å². The molecular formula is C10H12BaN2O6S2. The fourth-order valence-corrected chi connectivity index (χ4v) is 2.73. The first-order chi connectivity index (χ1) is 9.03. The van der Waals surface area contributed by atoms with Crippen molar-refractivity contribution in [2.24, 2.45) is 14.1 Å². The molecule has 0 aromatic carbocycles. The molecule has 112 valence electrons. The summed E-state index contributed by atoms with van der Waals surface area (Å²) in [5.41, 5.74) is 0. The Balaban J connectivity index is 0.000000364. The molecule has 0 radical (unpaired) electrons. The van der Waals surface area contributed by atoms with Crippen LogP contribution in [0, 0.1) is 0 Å². The maximum Gasteiger partial charge on any atom is 2.00 e. The van der Waals surface area contributed by atoms with Gasteiger partial charge >= 0.3 is 48.9 Å². The van der Waals surface area contributed by atoms with Gasteiger partial charge in [-0.25, -0.2) is 16.8 Å². The summed E-state index contributed by atoms with van der Waals surface area (Å²) in [7, 11) is -5.54. The van der Waals surface area contributed by atoms with Gasteiger partial charge in [0.05, 0.1) is 0 Å². The average Bonchev–Trinajstić information content (AvgIpc) is 2.85. The van der Waals surface area contributed by atoms with Gasteiger partial charge in [-0.15, -0.1) is 0 Å². The number of aryl methyl sites for hydroxylation is 2. The van der Waals surface area contributed by atoms with Crippen molar-refractivity contribution in [1.82, 2.24) is 9.13 Å². The average molecular weight is 458 g/mol.